The number of pyridine rings is 1. The SMILES string of the molecule is CCn1ncc2c(NCc3ccc(OC)c(Cl)c3)c(C(=O)NCCCC[C@H](NC(C)=O)C(N)=O)cnc21. The normalized spacial score (nSPS) is 11.7. The molecule has 11 nitrogen and oxygen atoms in total. The Morgan fingerprint density at radius 1 is 1.22 bits per heavy atom. The fourth-order valence-corrected chi connectivity index (χ4v) is 4.21. The molecule has 5 N–H and O–H groups in total. The first-order chi connectivity index (χ1) is 17.7. The Kier molecular flexibility index (Phi) is 9.67. The van der Waals surface area contributed by atoms with Crippen LogP contribution in [-0.4, -0.2) is 52.2 Å². The van der Waals surface area contributed by atoms with Crippen LogP contribution in [0.1, 0.15) is 49.0 Å². The van der Waals surface area contributed by atoms with E-state index >= 15 is 0 Å². The maximum atomic E-state index is 13.1. The van der Waals surface area contributed by atoms with Gasteiger partial charge in [-0.1, -0.05) is 17.7 Å². The number of anilines is 1. The zero-order valence-corrected chi connectivity index (χ0v) is 21.9. The lowest BCUT2D eigenvalue weighted by atomic mass is 10.1. The molecule has 2 aromatic heterocycles. The highest BCUT2D eigenvalue weighted by Gasteiger charge is 2.19. The van der Waals surface area contributed by atoms with Crippen LogP contribution in [0.15, 0.2) is 30.6 Å². The molecule has 0 aliphatic heterocycles. The molecule has 3 aromatic rings. The molecule has 1 aromatic carbocycles. The van der Waals surface area contributed by atoms with E-state index in [4.69, 9.17) is 22.1 Å². The second-order valence-corrected chi connectivity index (χ2v) is 8.88. The number of carbonyl (C=O) groups excluding carboxylic acids is 3. The Hall–Kier alpha value is -3.86. The number of hydrogen-bond donors (Lipinski definition) is 4. The molecule has 0 fully saturated rings. The number of nitrogens with one attached hydrogen (secondary N) is 3. The van der Waals surface area contributed by atoms with Crippen LogP contribution in [0, 0.1) is 0 Å². The lowest BCUT2D eigenvalue weighted by Gasteiger charge is -2.15. The summed E-state index contributed by atoms with van der Waals surface area (Å²) in [4.78, 5) is 40.3. The summed E-state index contributed by atoms with van der Waals surface area (Å²) in [6, 6.07) is 4.77. The third kappa shape index (κ3) is 7.10. The van der Waals surface area contributed by atoms with Gasteiger partial charge in [0, 0.05) is 32.8 Å². The van der Waals surface area contributed by atoms with E-state index in [1.807, 2.05) is 13.0 Å². The third-order valence-corrected chi connectivity index (χ3v) is 6.12. The number of primary amides is 1. The summed E-state index contributed by atoms with van der Waals surface area (Å²) < 4.78 is 6.98. The standard InChI is InChI=1S/C25H32ClN7O4/c1-4-33-24-17(14-31-33)22(29-12-16-8-9-21(37-3)19(26)11-16)18(13-30-24)25(36)28-10-6-5-7-20(23(27)35)32-15(2)34/h8-9,11,13-14,20H,4-7,10,12H2,1-3H3,(H2,27,35)(H,28,36)(H,29,30)(H,32,34)/t20-/m0/s1. The van der Waals surface area contributed by atoms with Gasteiger partial charge < -0.3 is 26.4 Å². The van der Waals surface area contributed by atoms with Gasteiger partial charge in [0.05, 0.1) is 35.0 Å². The van der Waals surface area contributed by atoms with Crippen LogP contribution < -0.4 is 26.4 Å². The third-order valence-electron chi connectivity index (χ3n) is 5.82. The maximum absolute atomic E-state index is 13.1. The summed E-state index contributed by atoms with van der Waals surface area (Å²) in [6.45, 7) is 4.73. The lowest BCUT2D eigenvalue weighted by molar-refractivity contribution is -0.126. The molecule has 198 valence electrons. The first-order valence-electron chi connectivity index (χ1n) is 12.0. The molecule has 0 saturated carbocycles. The van der Waals surface area contributed by atoms with E-state index in [1.165, 1.54) is 13.1 Å². The number of ether oxygens (including phenoxy) is 1. The molecule has 3 rings (SSSR count). The van der Waals surface area contributed by atoms with Gasteiger partial charge in [-0.25, -0.2) is 9.67 Å². The smallest absolute Gasteiger partial charge is 0.254 e. The first kappa shape index (κ1) is 27.7. The van der Waals surface area contributed by atoms with Crippen molar-refractivity contribution in [3.63, 3.8) is 0 Å². The van der Waals surface area contributed by atoms with Crippen LogP contribution in [0.4, 0.5) is 5.69 Å². The molecule has 0 bridgehead atoms. The van der Waals surface area contributed by atoms with Crippen molar-refractivity contribution < 1.29 is 19.1 Å². The number of aryl methyl sites for hydroxylation is 1. The van der Waals surface area contributed by atoms with E-state index in [0.717, 1.165) is 10.9 Å². The Labute approximate surface area is 220 Å². The fourth-order valence-electron chi connectivity index (χ4n) is 3.93. The van der Waals surface area contributed by atoms with Gasteiger partial charge in [-0.2, -0.15) is 5.10 Å². The van der Waals surface area contributed by atoms with Gasteiger partial charge >= 0.3 is 0 Å². The zero-order chi connectivity index (χ0) is 26.9. The Balaban J connectivity index is 1.70. The van der Waals surface area contributed by atoms with Crippen molar-refractivity contribution in [3.8, 4) is 5.75 Å². The number of benzene rings is 1. The van der Waals surface area contributed by atoms with E-state index in [2.05, 4.69) is 26.0 Å². The van der Waals surface area contributed by atoms with Gasteiger partial charge in [0.1, 0.15) is 11.8 Å². The topological polar surface area (TPSA) is 153 Å². The number of methoxy groups -OCH3 is 1. The van der Waals surface area contributed by atoms with Crippen LogP contribution in [0.3, 0.4) is 0 Å². The number of nitrogens with two attached hydrogens (primary N) is 1. The van der Waals surface area contributed by atoms with Crippen LogP contribution in [0.2, 0.25) is 5.02 Å². The molecule has 3 amide bonds. The van der Waals surface area contributed by atoms with E-state index in [-0.39, 0.29) is 11.8 Å². The highest BCUT2D eigenvalue weighted by Crippen LogP contribution is 2.28. The molecule has 12 heteroatoms. The summed E-state index contributed by atoms with van der Waals surface area (Å²) in [5, 5.41) is 14.4. The molecule has 0 aliphatic rings. The first-order valence-corrected chi connectivity index (χ1v) is 12.4. The predicted octanol–water partition coefficient (Wildman–Crippen LogP) is 2.62. The van der Waals surface area contributed by atoms with E-state index < -0.39 is 11.9 Å². The quantitative estimate of drug-likeness (QED) is 0.248. The monoisotopic (exact) mass is 529 g/mol. The Bertz CT molecular complexity index is 1280. The number of unbranched alkanes of at least 4 members (excludes halogenated alkanes) is 1. The van der Waals surface area contributed by atoms with Crippen molar-refractivity contribution in [2.45, 2.75) is 52.2 Å². The van der Waals surface area contributed by atoms with Crippen molar-refractivity contribution in [3.05, 3.63) is 46.7 Å². The number of nitrogens with zero attached hydrogens (tertiary/aromatic N) is 3. The second kappa shape index (κ2) is 12.9. The Morgan fingerprint density at radius 2 is 2.00 bits per heavy atom. The number of rotatable bonds is 13. The average Bonchev–Trinajstić information content (AvgIpc) is 3.29. The number of hydrogen-bond acceptors (Lipinski definition) is 7. The van der Waals surface area contributed by atoms with E-state index in [1.54, 1.807) is 30.1 Å². The molecular formula is C25H32ClN7O4. The molecule has 37 heavy (non-hydrogen) atoms. The van der Waals surface area contributed by atoms with Crippen molar-refractivity contribution in [2.24, 2.45) is 5.73 Å². The van der Waals surface area contributed by atoms with E-state index in [0.29, 0.717) is 66.6 Å². The minimum atomic E-state index is -0.725. The zero-order valence-electron chi connectivity index (χ0n) is 21.1. The minimum absolute atomic E-state index is 0.290. The number of fused-ring (bicyclic) bond motifs is 1. The van der Waals surface area contributed by atoms with Crippen molar-refractivity contribution >= 4 is 46.0 Å². The molecule has 1 atom stereocenters. The van der Waals surface area contributed by atoms with Gasteiger partial charge in [0.15, 0.2) is 5.65 Å². The van der Waals surface area contributed by atoms with Gasteiger partial charge in [-0.15, -0.1) is 0 Å². The number of carbonyl (C=O) groups is 3. The van der Waals surface area contributed by atoms with Gasteiger partial charge in [0.25, 0.3) is 5.91 Å². The second-order valence-electron chi connectivity index (χ2n) is 8.47. The molecule has 0 saturated heterocycles. The highest BCUT2D eigenvalue weighted by atomic mass is 35.5. The molecule has 0 spiro atoms. The Morgan fingerprint density at radius 3 is 2.65 bits per heavy atom. The average molecular weight is 530 g/mol. The maximum Gasteiger partial charge on any atom is 0.254 e. The number of aromatic nitrogens is 3. The summed E-state index contributed by atoms with van der Waals surface area (Å²) >= 11 is 6.27. The van der Waals surface area contributed by atoms with Crippen LogP contribution in [-0.2, 0) is 22.7 Å². The minimum Gasteiger partial charge on any atom is -0.495 e. The number of amides is 3. The molecule has 2 heterocycles. The fraction of sp³-hybridized carbons (Fsp3) is 0.400. The van der Waals surface area contributed by atoms with Crippen molar-refractivity contribution in [1.82, 2.24) is 25.4 Å². The van der Waals surface area contributed by atoms with Gasteiger partial charge in [-0.05, 0) is 43.9 Å². The summed E-state index contributed by atoms with van der Waals surface area (Å²) in [5.41, 5.74) is 7.92. The van der Waals surface area contributed by atoms with Gasteiger partial charge in [0.2, 0.25) is 11.8 Å². The van der Waals surface area contributed by atoms with Gasteiger partial charge in [-0.3, -0.25) is 14.4 Å². The summed E-state index contributed by atoms with van der Waals surface area (Å²) in [6.07, 6.45) is 4.82. The molecular weight excluding hydrogens is 498 g/mol. The number of halogens is 1. The highest BCUT2D eigenvalue weighted by molar-refractivity contribution is 6.32. The lowest BCUT2D eigenvalue weighted by Crippen LogP contribution is -2.43. The van der Waals surface area contributed by atoms with Crippen LogP contribution >= 0.6 is 11.6 Å². The molecule has 0 aliphatic carbocycles. The van der Waals surface area contributed by atoms with Crippen molar-refractivity contribution in [2.75, 3.05) is 19.0 Å². The molecule has 0 radical (unpaired) electrons. The van der Waals surface area contributed by atoms with Crippen molar-refractivity contribution in [1.29, 1.82) is 0 Å². The predicted molar refractivity (Wildman–Crippen MR) is 142 cm³/mol. The summed E-state index contributed by atoms with van der Waals surface area (Å²) in [5.74, 6) is -0.606. The van der Waals surface area contributed by atoms with E-state index in [9.17, 15) is 14.4 Å². The molecule has 0 unspecified atom stereocenters. The largest absolute Gasteiger partial charge is 0.495 e. The summed E-state index contributed by atoms with van der Waals surface area (Å²) in [7, 11) is 1.56. The van der Waals surface area contributed by atoms with Crippen LogP contribution in [0.25, 0.3) is 11.0 Å². The van der Waals surface area contributed by atoms with Crippen LogP contribution in [0.5, 0.6) is 5.75 Å².